The molecule has 4 heteroatoms. The van der Waals surface area contributed by atoms with E-state index in [9.17, 15) is 4.79 Å². The maximum Gasteiger partial charge on any atom is 0.223 e. The lowest BCUT2D eigenvalue weighted by Gasteiger charge is -1.97. The Bertz CT molecular complexity index is 452. The smallest absolute Gasteiger partial charge is 0.223 e. The van der Waals surface area contributed by atoms with Gasteiger partial charge >= 0.3 is 0 Å². The van der Waals surface area contributed by atoms with Crippen molar-refractivity contribution in [1.82, 2.24) is 0 Å². The summed E-state index contributed by atoms with van der Waals surface area (Å²) in [6.07, 6.45) is 1.96. The number of benzene rings is 1. The fourth-order valence-corrected chi connectivity index (χ4v) is 2.10. The maximum absolute atomic E-state index is 10.8. The summed E-state index contributed by atoms with van der Waals surface area (Å²) in [4.78, 5) is 16.1. The van der Waals surface area contributed by atoms with Crippen LogP contribution in [-0.2, 0) is 4.79 Å². The molecule has 0 spiro atoms. The Morgan fingerprint density at radius 2 is 2.20 bits per heavy atom. The van der Waals surface area contributed by atoms with Crippen LogP contribution in [0.25, 0.3) is 0 Å². The Balaban J connectivity index is 2.25. The van der Waals surface area contributed by atoms with E-state index in [-0.39, 0.29) is 12.3 Å². The van der Waals surface area contributed by atoms with Gasteiger partial charge < -0.3 is 5.73 Å². The van der Waals surface area contributed by atoms with Crippen molar-refractivity contribution in [1.29, 1.82) is 0 Å². The van der Waals surface area contributed by atoms with Crippen LogP contribution in [0, 0.1) is 0 Å². The average molecular weight is 218 g/mol. The third-order valence-corrected chi connectivity index (χ3v) is 2.98. The number of hydrogen-bond donors (Lipinski definition) is 1. The van der Waals surface area contributed by atoms with Crippen LogP contribution < -0.4 is 5.73 Å². The van der Waals surface area contributed by atoms with Crippen LogP contribution in [0.3, 0.4) is 0 Å². The molecule has 0 saturated carbocycles. The van der Waals surface area contributed by atoms with Gasteiger partial charge in [0.25, 0.3) is 0 Å². The number of aliphatic imine (C=N–C) groups is 1. The topological polar surface area (TPSA) is 55.5 Å². The highest BCUT2D eigenvalue weighted by molar-refractivity contribution is 8.02. The van der Waals surface area contributed by atoms with Crippen molar-refractivity contribution >= 4 is 23.9 Å². The largest absolute Gasteiger partial charge is 0.369 e. The molecule has 1 aliphatic heterocycles. The second-order valence-electron chi connectivity index (χ2n) is 3.17. The van der Waals surface area contributed by atoms with Gasteiger partial charge in [0.2, 0.25) is 5.91 Å². The number of fused-ring (bicyclic) bond motifs is 1. The lowest BCUT2D eigenvalue weighted by molar-refractivity contribution is -0.117. The van der Waals surface area contributed by atoms with Gasteiger partial charge in [-0.1, -0.05) is 30.0 Å². The lowest BCUT2D eigenvalue weighted by atomic mass is 10.2. The number of thioether (sulfide) groups is 1. The number of carbonyl (C=O) groups is 1. The first-order chi connectivity index (χ1) is 7.25. The van der Waals surface area contributed by atoms with Crippen LogP contribution in [0.2, 0.25) is 0 Å². The quantitative estimate of drug-likeness (QED) is 0.824. The lowest BCUT2D eigenvalue weighted by Crippen LogP contribution is -2.10. The van der Waals surface area contributed by atoms with E-state index in [1.165, 1.54) is 0 Å². The minimum Gasteiger partial charge on any atom is -0.369 e. The van der Waals surface area contributed by atoms with Gasteiger partial charge in [0.05, 0.1) is 12.1 Å². The summed E-state index contributed by atoms with van der Waals surface area (Å²) in [5, 5.41) is 1.87. The number of nitrogens with two attached hydrogens (primary N) is 1. The molecule has 1 aromatic carbocycles. The van der Waals surface area contributed by atoms with Gasteiger partial charge in [0.1, 0.15) is 0 Å². The van der Waals surface area contributed by atoms with Crippen LogP contribution >= 0.6 is 11.8 Å². The first-order valence-electron chi connectivity index (χ1n) is 4.53. The number of nitrogens with zero attached hydrogens (tertiary/aromatic N) is 1. The second-order valence-corrected chi connectivity index (χ2v) is 4.08. The number of hydrogen-bond acceptors (Lipinski definition) is 3. The van der Waals surface area contributed by atoms with E-state index in [0.717, 1.165) is 10.5 Å². The molecule has 76 valence electrons. The van der Waals surface area contributed by atoms with E-state index in [1.54, 1.807) is 18.0 Å². The number of rotatable bonds is 2. The normalized spacial score (nSPS) is 14.0. The first-order valence-corrected chi connectivity index (χ1v) is 5.41. The molecule has 3 nitrogen and oxygen atoms in total. The molecule has 1 heterocycles. The summed E-state index contributed by atoms with van der Waals surface area (Å²) in [5.74, 6) is -0.357. The zero-order chi connectivity index (χ0) is 10.7. The van der Waals surface area contributed by atoms with Crippen molar-refractivity contribution in [2.24, 2.45) is 10.7 Å². The molecule has 0 aromatic heterocycles. The zero-order valence-electron chi connectivity index (χ0n) is 8.01. The summed E-state index contributed by atoms with van der Waals surface area (Å²) in [7, 11) is 0. The highest BCUT2D eigenvalue weighted by Crippen LogP contribution is 2.27. The molecule has 2 rings (SSSR count). The minimum absolute atomic E-state index is 0.192. The van der Waals surface area contributed by atoms with E-state index in [1.807, 2.05) is 29.7 Å². The molecule has 1 aliphatic rings. The van der Waals surface area contributed by atoms with E-state index >= 15 is 0 Å². The van der Waals surface area contributed by atoms with E-state index in [2.05, 4.69) is 4.99 Å². The van der Waals surface area contributed by atoms with Crippen LogP contribution in [0.5, 0.6) is 0 Å². The van der Waals surface area contributed by atoms with Crippen molar-refractivity contribution in [2.75, 3.05) is 0 Å². The van der Waals surface area contributed by atoms with Crippen molar-refractivity contribution in [2.45, 2.75) is 11.3 Å². The summed E-state index contributed by atoms with van der Waals surface area (Å²) in [6.45, 7) is 0. The van der Waals surface area contributed by atoms with Crippen LogP contribution in [0.15, 0.2) is 45.3 Å². The minimum atomic E-state index is -0.357. The number of amides is 1. The van der Waals surface area contributed by atoms with E-state index < -0.39 is 0 Å². The van der Waals surface area contributed by atoms with E-state index in [4.69, 9.17) is 5.73 Å². The van der Waals surface area contributed by atoms with Gasteiger partial charge in [0, 0.05) is 16.7 Å². The third kappa shape index (κ3) is 2.47. The Labute approximate surface area is 92.1 Å². The monoisotopic (exact) mass is 218 g/mol. The summed E-state index contributed by atoms with van der Waals surface area (Å²) >= 11 is 1.56. The Morgan fingerprint density at radius 1 is 1.40 bits per heavy atom. The van der Waals surface area contributed by atoms with Crippen LogP contribution in [0.1, 0.15) is 12.0 Å². The van der Waals surface area contributed by atoms with Gasteiger partial charge in [-0.3, -0.25) is 9.79 Å². The molecule has 0 bridgehead atoms. The van der Waals surface area contributed by atoms with Crippen molar-refractivity contribution in [3.05, 3.63) is 40.9 Å². The Kier molecular flexibility index (Phi) is 2.87. The summed E-state index contributed by atoms with van der Waals surface area (Å²) in [6, 6.07) is 7.96. The molecular formula is C11H10N2OS. The fourth-order valence-electron chi connectivity index (χ4n) is 1.27. The van der Waals surface area contributed by atoms with Gasteiger partial charge in [-0.2, -0.15) is 0 Å². The summed E-state index contributed by atoms with van der Waals surface area (Å²) in [5.41, 5.74) is 6.90. The molecule has 2 N–H and O–H groups in total. The standard InChI is InChI=1S/C11H10N2OS/c12-11(14)5-9-7-15-10-4-2-1-3-8(10)6-13-9/h1-4,6-7H,5H2,(H2,12,14). The molecule has 0 radical (unpaired) electrons. The summed E-state index contributed by atoms with van der Waals surface area (Å²) < 4.78 is 0. The predicted octanol–water partition coefficient (Wildman–Crippen LogP) is 1.93. The molecule has 15 heavy (non-hydrogen) atoms. The number of carbonyl (C=O) groups excluding carboxylic acids is 1. The van der Waals surface area contributed by atoms with Crippen LogP contribution in [0.4, 0.5) is 0 Å². The van der Waals surface area contributed by atoms with Crippen molar-refractivity contribution in [3.8, 4) is 0 Å². The maximum atomic E-state index is 10.8. The Morgan fingerprint density at radius 3 is 3.00 bits per heavy atom. The second kappa shape index (κ2) is 4.31. The van der Waals surface area contributed by atoms with Gasteiger partial charge in [0.15, 0.2) is 0 Å². The molecule has 0 fully saturated rings. The van der Waals surface area contributed by atoms with Gasteiger partial charge in [-0.15, -0.1) is 0 Å². The molecule has 0 saturated heterocycles. The highest BCUT2D eigenvalue weighted by Gasteiger charge is 2.06. The van der Waals surface area contributed by atoms with Crippen molar-refractivity contribution in [3.63, 3.8) is 0 Å². The van der Waals surface area contributed by atoms with Crippen LogP contribution in [-0.4, -0.2) is 12.1 Å². The highest BCUT2D eigenvalue weighted by atomic mass is 32.2. The predicted molar refractivity (Wildman–Crippen MR) is 61.8 cm³/mol. The number of primary amides is 1. The molecule has 0 atom stereocenters. The zero-order valence-corrected chi connectivity index (χ0v) is 8.83. The molecule has 0 unspecified atom stereocenters. The molecule has 1 amide bonds. The van der Waals surface area contributed by atoms with E-state index in [0.29, 0.717) is 5.70 Å². The fraction of sp³-hybridized carbons (Fsp3) is 0.0909. The SMILES string of the molecule is NC(=O)CC1=CSc2ccccc2C=N1. The average Bonchev–Trinajstić information content (AvgIpc) is 2.41. The molecule has 1 aromatic rings. The van der Waals surface area contributed by atoms with Gasteiger partial charge in [-0.05, 0) is 11.5 Å². The molecule has 0 aliphatic carbocycles. The van der Waals surface area contributed by atoms with Gasteiger partial charge in [-0.25, -0.2) is 0 Å². The first kappa shape index (κ1) is 9.98. The third-order valence-electron chi connectivity index (χ3n) is 1.97. The Hall–Kier alpha value is -1.55. The van der Waals surface area contributed by atoms with Crippen molar-refractivity contribution < 1.29 is 4.79 Å². The molecular weight excluding hydrogens is 208 g/mol.